The Balaban J connectivity index is 1.42. The van der Waals surface area contributed by atoms with Gasteiger partial charge in [0.2, 0.25) is 0 Å². The quantitative estimate of drug-likeness (QED) is 0.825. The lowest BCUT2D eigenvalue weighted by Crippen LogP contribution is -2.31. The molecule has 1 aromatic carbocycles. The Labute approximate surface area is 141 Å². The molecule has 2 atom stereocenters. The minimum absolute atomic E-state index is 0.0232. The second-order valence-electron chi connectivity index (χ2n) is 8.01. The van der Waals surface area contributed by atoms with Gasteiger partial charge in [-0.3, -0.25) is 0 Å². The third kappa shape index (κ3) is 4.79. The van der Waals surface area contributed by atoms with E-state index in [0.29, 0.717) is 0 Å². The summed E-state index contributed by atoms with van der Waals surface area (Å²) in [6.45, 7) is 11.0. The van der Waals surface area contributed by atoms with Crippen molar-refractivity contribution in [2.45, 2.75) is 64.3 Å². The molecule has 0 aromatic heterocycles. The highest BCUT2D eigenvalue weighted by atomic mass is 16.7. The van der Waals surface area contributed by atoms with E-state index in [-0.39, 0.29) is 17.8 Å². The minimum atomic E-state index is -0.0232. The van der Waals surface area contributed by atoms with Crippen LogP contribution >= 0.6 is 0 Å². The van der Waals surface area contributed by atoms with Gasteiger partial charge in [0.25, 0.3) is 0 Å². The first-order chi connectivity index (χ1) is 11.0. The molecule has 0 N–H and O–H groups in total. The molecular weight excluding hydrogens is 286 g/mol. The predicted octanol–water partition coefficient (Wildman–Crippen LogP) is 3.75. The Morgan fingerprint density at radius 2 is 1.78 bits per heavy atom. The Kier molecular flexibility index (Phi) is 5.40. The van der Waals surface area contributed by atoms with Crippen molar-refractivity contribution in [2.24, 2.45) is 0 Å². The zero-order valence-electron chi connectivity index (χ0n) is 14.9. The molecule has 0 spiro atoms. The molecular formula is C20H31NO2. The monoisotopic (exact) mass is 317 g/mol. The molecule has 2 fully saturated rings. The summed E-state index contributed by atoms with van der Waals surface area (Å²) in [5.74, 6) is 0. The first kappa shape index (κ1) is 16.9. The summed E-state index contributed by atoms with van der Waals surface area (Å²) in [5.41, 5.74) is 2.98. The third-order valence-corrected chi connectivity index (χ3v) is 4.96. The predicted molar refractivity (Wildman–Crippen MR) is 93.8 cm³/mol. The van der Waals surface area contributed by atoms with Gasteiger partial charge < -0.3 is 14.4 Å². The van der Waals surface area contributed by atoms with Crippen LogP contribution in [0.4, 0.5) is 0 Å². The molecule has 2 saturated heterocycles. The van der Waals surface area contributed by atoms with E-state index in [4.69, 9.17) is 9.47 Å². The van der Waals surface area contributed by atoms with Crippen LogP contribution in [0.3, 0.4) is 0 Å². The van der Waals surface area contributed by atoms with Crippen molar-refractivity contribution in [3.8, 4) is 0 Å². The van der Waals surface area contributed by atoms with Gasteiger partial charge in [-0.2, -0.15) is 0 Å². The van der Waals surface area contributed by atoms with Gasteiger partial charge >= 0.3 is 0 Å². The fraction of sp³-hybridized carbons (Fsp3) is 0.700. The van der Waals surface area contributed by atoms with Crippen LogP contribution in [0.1, 0.15) is 51.2 Å². The van der Waals surface area contributed by atoms with Crippen molar-refractivity contribution in [1.82, 2.24) is 4.90 Å². The third-order valence-electron chi connectivity index (χ3n) is 4.96. The van der Waals surface area contributed by atoms with E-state index in [9.17, 15) is 0 Å². The van der Waals surface area contributed by atoms with Crippen LogP contribution in [0.5, 0.6) is 0 Å². The summed E-state index contributed by atoms with van der Waals surface area (Å²) in [6, 6.07) is 9.00. The number of likely N-dealkylation sites (tertiary alicyclic amines) is 1. The molecule has 0 amide bonds. The maximum Gasteiger partial charge on any atom is 0.158 e. The van der Waals surface area contributed by atoms with Crippen LogP contribution in [0.2, 0.25) is 0 Å². The zero-order chi connectivity index (χ0) is 16.3. The maximum atomic E-state index is 6.06. The van der Waals surface area contributed by atoms with E-state index in [1.165, 1.54) is 37.1 Å². The largest absolute Gasteiger partial charge is 0.350 e. The van der Waals surface area contributed by atoms with Crippen molar-refractivity contribution in [3.63, 3.8) is 0 Å². The van der Waals surface area contributed by atoms with Crippen LogP contribution in [0.15, 0.2) is 24.3 Å². The summed E-state index contributed by atoms with van der Waals surface area (Å²) < 4.78 is 11.9. The van der Waals surface area contributed by atoms with Gasteiger partial charge in [0, 0.05) is 13.0 Å². The van der Waals surface area contributed by atoms with E-state index in [0.717, 1.165) is 26.0 Å². The van der Waals surface area contributed by atoms with Crippen LogP contribution in [-0.4, -0.2) is 43.5 Å². The average Bonchev–Trinajstić information content (AvgIpc) is 3.17. The van der Waals surface area contributed by atoms with Crippen LogP contribution in [0, 0.1) is 0 Å². The van der Waals surface area contributed by atoms with Gasteiger partial charge in [-0.1, -0.05) is 45.0 Å². The van der Waals surface area contributed by atoms with E-state index in [1.54, 1.807) is 0 Å². The van der Waals surface area contributed by atoms with Gasteiger partial charge in [0.1, 0.15) is 0 Å². The Hall–Kier alpha value is -0.900. The van der Waals surface area contributed by atoms with Crippen molar-refractivity contribution >= 4 is 0 Å². The number of aryl methyl sites for hydroxylation is 1. The summed E-state index contributed by atoms with van der Waals surface area (Å²) in [5, 5.41) is 0. The Morgan fingerprint density at radius 1 is 1.09 bits per heavy atom. The van der Waals surface area contributed by atoms with Crippen molar-refractivity contribution in [1.29, 1.82) is 0 Å². The van der Waals surface area contributed by atoms with Crippen molar-refractivity contribution in [2.75, 3.05) is 26.2 Å². The Morgan fingerprint density at radius 3 is 2.43 bits per heavy atom. The molecule has 0 unspecified atom stereocenters. The molecule has 2 aliphatic rings. The summed E-state index contributed by atoms with van der Waals surface area (Å²) >= 11 is 0. The van der Waals surface area contributed by atoms with Crippen LogP contribution in [0.25, 0.3) is 0 Å². The maximum absolute atomic E-state index is 6.06. The van der Waals surface area contributed by atoms with Gasteiger partial charge in [-0.15, -0.1) is 0 Å². The van der Waals surface area contributed by atoms with E-state index in [1.807, 2.05) is 0 Å². The lowest BCUT2D eigenvalue weighted by molar-refractivity contribution is -0.0647. The average molecular weight is 317 g/mol. The van der Waals surface area contributed by atoms with Crippen LogP contribution < -0.4 is 0 Å². The number of hydrogen-bond donors (Lipinski definition) is 0. The zero-order valence-corrected chi connectivity index (χ0v) is 14.9. The molecule has 3 heteroatoms. The Bertz CT molecular complexity index is 485. The topological polar surface area (TPSA) is 21.7 Å². The lowest BCUT2D eigenvalue weighted by Gasteiger charge is -2.19. The number of benzene rings is 1. The van der Waals surface area contributed by atoms with E-state index >= 15 is 0 Å². The highest BCUT2D eigenvalue weighted by Crippen LogP contribution is 2.23. The van der Waals surface area contributed by atoms with Gasteiger partial charge in [0.05, 0.1) is 12.7 Å². The summed E-state index contributed by atoms with van der Waals surface area (Å²) in [6.07, 6.45) is 4.88. The normalized spacial score (nSPS) is 26.0. The second-order valence-corrected chi connectivity index (χ2v) is 8.01. The molecule has 3 nitrogen and oxygen atoms in total. The van der Waals surface area contributed by atoms with E-state index in [2.05, 4.69) is 49.9 Å². The van der Waals surface area contributed by atoms with E-state index < -0.39 is 0 Å². The van der Waals surface area contributed by atoms with Crippen molar-refractivity contribution < 1.29 is 9.47 Å². The van der Waals surface area contributed by atoms with Crippen molar-refractivity contribution in [3.05, 3.63) is 35.4 Å². The SMILES string of the molecule is CC(C)(C)c1ccc(CC[C@H]2OC[C@H](CN3CCCC3)O2)cc1. The highest BCUT2D eigenvalue weighted by molar-refractivity contribution is 5.27. The molecule has 23 heavy (non-hydrogen) atoms. The highest BCUT2D eigenvalue weighted by Gasteiger charge is 2.28. The first-order valence-electron chi connectivity index (χ1n) is 9.09. The number of rotatable bonds is 5. The van der Waals surface area contributed by atoms with Gasteiger partial charge in [-0.25, -0.2) is 0 Å². The standard InChI is InChI=1S/C20H31NO2/c1-20(2,3)17-9-6-16(7-10-17)8-11-19-22-15-18(23-19)14-21-12-4-5-13-21/h6-7,9-10,18-19H,4-5,8,11-15H2,1-3H3/t18-,19-/m0/s1. The molecule has 3 rings (SSSR count). The lowest BCUT2D eigenvalue weighted by atomic mass is 9.86. The summed E-state index contributed by atoms with van der Waals surface area (Å²) in [7, 11) is 0. The molecule has 1 aromatic rings. The molecule has 0 bridgehead atoms. The minimum Gasteiger partial charge on any atom is -0.350 e. The first-order valence-corrected chi connectivity index (χ1v) is 9.09. The van der Waals surface area contributed by atoms with Gasteiger partial charge in [0.15, 0.2) is 6.29 Å². The number of nitrogens with zero attached hydrogens (tertiary/aromatic N) is 1. The molecule has 128 valence electrons. The molecule has 0 aliphatic carbocycles. The molecule has 0 radical (unpaired) electrons. The molecule has 2 heterocycles. The van der Waals surface area contributed by atoms with Gasteiger partial charge in [-0.05, 0) is 48.9 Å². The number of ether oxygens (including phenoxy) is 2. The smallest absolute Gasteiger partial charge is 0.158 e. The molecule has 0 saturated carbocycles. The van der Waals surface area contributed by atoms with Crippen LogP contribution in [-0.2, 0) is 21.3 Å². The fourth-order valence-electron chi connectivity index (χ4n) is 3.46. The summed E-state index contributed by atoms with van der Waals surface area (Å²) in [4.78, 5) is 2.50. The fourth-order valence-corrected chi connectivity index (χ4v) is 3.46. The molecule has 2 aliphatic heterocycles. The second kappa shape index (κ2) is 7.33. The number of hydrogen-bond acceptors (Lipinski definition) is 3.